The van der Waals surface area contributed by atoms with Gasteiger partial charge in [-0.3, -0.25) is 0 Å². The highest BCUT2D eigenvalue weighted by Crippen LogP contribution is 2.27. The zero-order chi connectivity index (χ0) is 11.3. The third-order valence-electron chi connectivity index (χ3n) is 2.68. The first-order valence-electron chi connectivity index (χ1n) is 5.30. The molecule has 1 rings (SSSR count). The summed E-state index contributed by atoms with van der Waals surface area (Å²) in [5.41, 5.74) is 5.92. The number of nitrogen functional groups attached to an aromatic ring is 1. The van der Waals surface area contributed by atoms with Gasteiger partial charge in [-0.2, -0.15) is 0 Å². The van der Waals surface area contributed by atoms with Crippen molar-refractivity contribution in [2.75, 3.05) is 11.5 Å². The summed E-state index contributed by atoms with van der Waals surface area (Å²) in [6, 6.07) is 7.77. The lowest BCUT2D eigenvalue weighted by Crippen LogP contribution is -2.29. The van der Waals surface area contributed by atoms with Crippen molar-refractivity contribution in [3.05, 3.63) is 24.3 Å². The molecule has 2 nitrogen and oxygen atoms in total. The Bertz CT molecular complexity index is 310. The Balaban J connectivity index is 2.56. The number of benzene rings is 1. The molecule has 0 saturated heterocycles. The Morgan fingerprint density at radius 3 is 2.53 bits per heavy atom. The van der Waals surface area contributed by atoms with Crippen LogP contribution in [-0.4, -0.2) is 16.5 Å². The molecule has 0 aliphatic heterocycles. The van der Waals surface area contributed by atoms with Crippen molar-refractivity contribution in [2.45, 2.75) is 37.2 Å². The maximum Gasteiger partial charge on any atom is 0.0736 e. The smallest absolute Gasteiger partial charge is 0.0736 e. The molecule has 1 aromatic rings. The lowest BCUT2D eigenvalue weighted by atomic mass is 10.0. The molecule has 15 heavy (non-hydrogen) atoms. The van der Waals surface area contributed by atoms with Gasteiger partial charge in [-0.05, 0) is 31.0 Å². The van der Waals surface area contributed by atoms with Gasteiger partial charge in [0.2, 0.25) is 0 Å². The monoisotopic (exact) mass is 225 g/mol. The molecule has 0 aliphatic carbocycles. The van der Waals surface area contributed by atoms with Crippen LogP contribution in [0, 0.1) is 0 Å². The maximum absolute atomic E-state index is 10.1. The molecule has 3 N–H and O–H groups in total. The average molecular weight is 225 g/mol. The molecule has 84 valence electrons. The van der Waals surface area contributed by atoms with Gasteiger partial charge in [0.15, 0.2) is 0 Å². The van der Waals surface area contributed by atoms with Gasteiger partial charge in [-0.1, -0.05) is 19.9 Å². The standard InChI is InChI=1S/C12H19NOS/c1-3-12(14,4-2)9-15-11-7-5-6-10(13)8-11/h5-8,14H,3-4,9,13H2,1-2H3. The van der Waals surface area contributed by atoms with Crippen LogP contribution < -0.4 is 5.73 Å². The minimum absolute atomic E-state index is 0.546. The summed E-state index contributed by atoms with van der Waals surface area (Å²) >= 11 is 1.66. The summed E-state index contributed by atoms with van der Waals surface area (Å²) in [5, 5.41) is 10.1. The van der Waals surface area contributed by atoms with Crippen LogP contribution in [0.15, 0.2) is 29.2 Å². The summed E-state index contributed by atoms with van der Waals surface area (Å²) < 4.78 is 0. The number of anilines is 1. The van der Waals surface area contributed by atoms with E-state index in [0.29, 0.717) is 0 Å². The maximum atomic E-state index is 10.1. The molecule has 0 unspecified atom stereocenters. The second-order valence-corrected chi connectivity index (χ2v) is 4.84. The summed E-state index contributed by atoms with van der Waals surface area (Å²) in [6.07, 6.45) is 1.58. The zero-order valence-corrected chi connectivity index (χ0v) is 10.2. The Morgan fingerprint density at radius 2 is 2.00 bits per heavy atom. The molecule has 0 fully saturated rings. The molecule has 3 heteroatoms. The summed E-state index contributed by atoms with van der Waals surface area (Å²) in [4.78, 5) is 1.12. The van der Waals surface area contributed by atoms with Crippen molar-refractivity contribution in [1.29, 1.82) is 0 Å². The van der Waals surface area contributed by atoms with Gasteiger partial charge >= 0.3 is 0 Å². The molecule has 0 bridgehead atoms. The molecule has 0 atom stereocenters. The second-order valence-electron chi connectivity index (χ2n) is 3.79. The normalized spacial score (nSPS) is 11.7. The summed E-state index contributed by atoms with van der Waals surface area (Å²) in [5.74, 6) is 0.726. The van der Waals surface area contributed by atoms with E-state index in [9.17, 15) is 5.11 Å². The van der Waals surface area contributed by atoms with Gasteiger partial charge in [-0.25, -0.2) is 0 Å². The van der Waals surface area contributed by atoms with Gasteiger partial charge in [0.1, 0.15) is 0 Å². The van der Waals surface area contributed by atoms with E-state index < -0.39 is 5.60 Å². The predicted octanol–water partition coefficient (Wildman–Crippen LogP) is 2.91. The fourth-order valence-corrected chi connectivity index (χ4v) is 2.51. The van der Waals surface area contributed by atoms with Gasteiger partial charge in [0, 0.05) is 16.3 Å². The number of hydrogen-bond donors (Lipinski definition) is 2. The highest BCUT2D eigenvalue weighted by Gasteiger charge is 2.21. The minimum atomic E-state index is -0.546. The first kappa shape index (κ1) is 12.4. The van der Waals surface area contributed by atoms with Crippen LogP contribution in [0.1, 0.15) is 26.7 Å². The van der Waals surface area contributed by atoms with Crippen molar-refractivity contribution in [2.24, 2.45) is 0 Å². The van der Waals surface area contributed by atoms with Crippen LogP contribution >= 0.6 is 11.8 Å². The molecule has 0 aliphatic rings. The molecule has 0 radical (unpaired) electrons. The van der Waals surface area contributed by atoms with Crippen LogP contribution in [0.5, 0.6) is 0 Å². The first-order chi connectivity index (χ1) is 7.09. The van der Waals surface area contributed by atoms with E-state index in [-0.39, 0.29) is 0 Å². The van der Waals surface area contributed by atoms with E-state index in [1.54, 1.807) is 11.8 Å². The van der Waals surface area contributed by atoms with Gasteiger partial charge in [0.25, 0.3) is 0 Å². The molecule has 0 spiro atoms. The first-order valence-corrected chi connectivity index (χ1v) is 6.29. The predicted molar refractivity (Wildman–Crippen MR) is 67.1 cm³/mol. The second kappa shape index (κ2) is 5.42. The van der Waals surface area contributed by atoms with Crippen molar-refractivity contribution in [3.63, 3.8) is 0 Å². The third-order valence-corrected chi connectivity index (χ3v) is 3.95. The fraction of sp³-hybridized carbons (Fsp3) is 0.500. The highest BCUT2D eigenvalue weighted by atomic mass is 32.2. The lowest BCUT2D eigenvalue weighted by molar-refractivity contribution is 0.0572. The largest absolute Gasteiger partial charge is 0.399 e. The number of hydrogen-bond acceptors (Lipinski definition) is 3. The van der Waals surface area contributed by atoms with E-state index in [1.165, 1.54) is 0 Å². The van der Waals surface area contributed by atoms with Gasteiger partial charge in [-0.15, -0.1) is 11.8 Å². The van der Waals surface area contributed by atoms with Gasteiger partial charge < -0.3 is 10.8 Å². The van der Waals surface area contributed by atoms with E-state index >= 15 is 0 Å². The van der Waals surface area contributed by atoms with Crippen LogP contribution in [0.2, 0.25) is 0 Å². The summed E-state index contributed by atoms with van der Waals surface area (Å²) in [7, 11) is 0. The van der Waals surface area contributed by atoms with E-state index in [1.807, 2.05) is 38.1 Å². The Morgan fingerprint density at radius 1 is 1.33 bits per heavy atom. The summed E-state index contributed by atoms with van der Waals surface area (Å²) in [6.45, 7) is 4.03. The molecule has 0 heterocycles. The number of aliphatic hydroxyl groups is 1. The Kier molecular flexibility index (Phi) is 4.48. The van der Waals surface area contributed by atoms with Crippen molar-refractivity contribution in [1.82, 2.24) is 0 Å². The van der Waals surface area contributed by atoms with E-state index in [4.69, 9.17) is 5.73 Å². The topological polar surface area (TPSA) is 46.2 Å². The van der Waals surface area contributed by atoms with Crippen molar-refractivity contribution < 1.29 is 5.11 Å². The molecular formula is C12H19NOS. The molecule has 0 saturated carbocycles. The Labute approximate surface area is 95.9 Å². The fourth-order valence-electron chi connectivity index (χ4n) is 1.28. The van der Waals surface area contributed by atoms with Crippen LogP contribution in [0.25, 0.3) is 0 Å². The zero-order valence-electron chi connectivity index (χ0n) is 9.36. The van der Waals surface area contributed by atoms with Crippen molar-refractivity contribution in [3.8, 4) is 0 Å². The third kappa shape index (κ3) is 3.76. The number of rotatable bonds is 5. The van der Waals surface area contributed by atoms with Crippen LogP contribution in [0.3, 0.4) is 0 Å². The highest BCUT2D eigenvalue weighted by molar-refractivity contribution is 7.99. The lowest BCUT2D eigenvalue weighted by Gasteiger charge is -2.24. The molecule has 0 amide bonds. The average Bonchev–Trinajstić information content (AvgIpc) is 2.26. The molecule has 0 aromatic heterocycles. The van der Waals surface area contributed by atoms with Crippen LogP contribution in [-0.2, 0) is 0 Å². The SMILES string of the molecule is CCC(O)(CC)CSc1cccc(N)c1. The van der Waals surface area contributed by atoms with E-state index in [2.05, 4.69) is 0 Å². The quantitative estimate of drug-likeness (QED) is 0.598. The molecule has 1 aromatic carbocycles. The Hall–Kier alpha value is -0.670. The minimum Gasteiger partial charge on any atom is -0.399 e. The van der Waals surface area contributed by atoms with Crippen LogP contribution in [0.4, 0.5) is 5.69 Å². The van der Waals surface area contributed by atoms with Gasteiger partial charge in [0.05, 0.1) is 5.60 Å². The number of nitrogens with two attached hydrogens (primary N) is 1. The van der Waals surface area contributed by atoms with Crippen molar-refractivity contribution >= 4 is 17.4 Å². The molecular weight excluding hydrogens is 206 g/mol. The van der Waals surface area contributed by atoms with E-state index in [0.717, 1.165) is 29.2 Å². The number of thioether (sulfide) groups is 1.